The maximum absolute atomic E-state index is 12.4. The van der Waals surface area contributed by atoms with Crippen LogP contribution in [0.4, 0.5) is 5.69 Å². The summed E-state index contributed by atoms with van der Waals surface area (Å²) in [4.78, 5) is 15.5. The summed E-state index contributed by atoms with van der Waals surface area (Å²) in [5, 5.41) is 4.39. The molecular weight excluding hydrogens is 352 g/mol. The van der Waals surface area contributed by atoms with Gasteiger partial charge < -0.3 is 10.3 Å². The Kier molecular flexibility index (Phi) is 3.74. The SMILES string of the molecule is Cc1ccc(NC(=O)c2c[nH]c3cc(Cl)ccc23)cc1Br. The first-order chi connectivity index (χ1) is 10.0. The molecule has 0 saturated heterocycles. The Morgan fingerprint density at radius 1 is 1.24 bits per heavy atom. The summed E-state index contributed by atoms with van der Waals surface area (Å²) in [6.07, 6.45) is 1.69. The first-order valence-electron chi connectivity index (χ1n) is 6.39. The number of rotatable bonds is 2. The summed E-state index contributed by atoms with van der Waals surface area (Å²) in [7, 11) is 0. The molecule has 0 aliphatic rings. The van der Waals surface area contributed by atoms with Crippen molar-refractivity contribution < 1.29 is 4.79 Å². The summed E-state index contributed by atoms with van der Waals surface area (Å²) in [5.74, 6) is -0.153. The number of halogens is 2. The number of benzene rings is 2. The number of aryl methyl sites for hydroxylation is 1. The normalized spacial score (nSPS) is 10.8. The molecule has 3 rings (SSSR count). The van der Waals surface area contributed by atoms with Crippen molar-refractivity contribution in [3.05, 3.63) is 63.2 Å². The molecule has 0 atom stereocenters. The highest BCUT2D eigenvalue weighted by molar-refractivity contribution is 9.10. The van der Waals surface area contributed by atoms with Crippen molar-refractivity contribution in [3.8, 4) is 0 Å². The van der Waals surface area contributed by atoms with Crippen LogP contribution in [0.25, 0.3) is 10.9 Å². The van der Waals surface area contributed by atoms with Crippen molar-refractivity contribution in [1.82, 2.24) is 4.98 Å². The highest BCUT2D eigenvalue weighted by Crippen LogP contribution is 2.24. The summed E-state index contributed by atoms with van der Waals surface area (Å²) in [6, 6.07) is 11.1. The third kappa shape index (κ3) is 2.82. The van der Waals surface area contributed by atoms with Crippen molar-refractivity contribution in [1.29, 1.82) is 0 Å². The Bertz CT molecular complexity index is 841. The Balaban J connectivity index is 1.91. The molecular formula is C16H12BrClN2O. The van der Waals surface area contributed by atoms with Crippen molar-refractivity contribution in [3.63, 3.8) is 0 Å². The standard InChI is InChI=1S/C16H12BrClN2O/c1-9-2-4-11(7-14(9)17)20-16(21)13-8-19-15-6-10(18)3-5-12(13)15/h2-8,19H,1H3,(H,20,21). The summed E-state index contributed by atoms with van der Waals surface area (Å²) >= 11 is 9.40. The van der Waals surface area contributed by atoms with Crippen LogP contribution >= 0.6 is 27.5 Å². The van der Waals surface area contributed by atoms with Gasteiger partial charge in [0.15, 0.2) is 0 Å². The smallest absolute Gasteiger partial charge is 0.257 e. The number of anilines is 1. The molecule has 21 heavy (non-hydrogen) atoms. The number of carbonyl (C=O) groups excluding carboxylic acids is 1. The number of aromatic nitrogens is 1. The van der Waals surface area contributed by atoms with E-state index in [2.05, 4.69) is 26.2 Å². The van der Waals surface area contributed by atoms with E-state index in [0.29, 0.717) is 10.6 Å². The van der Waals surface area contributed by atoms with Gasteiger partial charge in [0.25, 0.3) is 5.91 Å². The minimum absolute atomic E-state index is 0.153. The topological polar surface area (TPSA) is 44.9 Å². The number of hydrogen-bond donors (Lipinski definition) is 2. The lowest BCUT2D eigenvalue weighted by molar-refractivity contribution is 0.102. The van der Waals surface area contributed by atoms with E-state index >= 15 is 0 Å². The quantitative estimate of drug-likeness (QED) is 0.650. The second kappa shape index (κ2) is 5.54. The van der Waals surface area contributed by atoms with Crippen LogP contribution in [-0.4, -0.2) is 10.9 Å². The van der Waals surface area contributed by atoms with Crippen LogP contribution in [0, 0.1) is 6.92 Å². The fourth-order valence-corrected chi connectivity index (χ4v) is 2.71. The van der Waals surface area contributed by atoms with E-state index in [1.165, 1.54) is 0 Å². The lowest BCUT2D eigenvalue weighted by atomic mass is 10.1. The third-order valence-electron chi connectivity index (χ3n) is 3.32. The molecule has 0 aliphatic carbocycles. The van der Waals surface area contributed by atoms with Crippen LogP contribution in [0.2, 0.25) is 5.02 Å². The molecule has 5 heteroatoms. The number of H-pyrrole nitrogens is 1. The molecule has 1 heterocycles. The van der Waals surface area contributed by atoms with Gasteiger partial charge in [-0.1, -0.05) is 39.7 Å². The van der Waals surface area contributed by atoms with Gasteiger partial charge in [-0.2, -0.15) is 0 Å². The molecule has 2 aromatic carbocycles. The average molecular weight is 364 g/mol. The second-order valence-corrected chi connectivity index (χ2v) is 6.10. The third-order valence-corrected chi connectivity index (χ3v) is 4.41. The number of fused-ring (bicyclic) bond motifs is 1. The zero-order chi connectivity index (χ0) is 15.0. The fourth-order valence-electron chi connectivity index (χ4n) is 2.16. The lowest BCUT2D eigenvalue weighted by Gasteiger charge is -2.06. The predicted molar refractivity (Wildman–Crippen MR) is 90.1 cm³/mol. The van der Waals surface area contributed by atoms with Gasteiger partial charge >= 0.3 is 0 Å². The molecule has 1 aromatic heterocycles. The van der Waals surface area contributed by atoms with Gasteiger partial charge in [0.1, 0.15) is 0 Å². The Morgan fingerprint density at radius 2 is 2.05 bits per heavy atom. The fraction of sp³-hybridized carbons (Fsp3) is 0.0625. The van der Waals surface area contributed by atoms with Gasteiger partial charge in [0, 0.05) is 32.3 Å². The first kappa shape index (κ1) is 14.2. The molecule has 3 nitrogen and oxygen atoms in total. The second-order valence-electron chi connectivity index (χ2n) is 4.81. The van der Waals surface area contributed by atoms with E-state index in [4.69, 9.17) is 11.6 Å². The molecule has 0 unspecified atom stereocenters. The molecule has 0 radical (unpaired) electrons. The molecule has 3 aromatic rings. The van der Waals surface area contributed by atoms with E-state index in [1.54, 1.807) is 18.3 Å². The average Bonchev–Trinajstić information content (AvgIpc) is 2.85. The maximum atomic E-state index is 12.4. The van der Waals surface area contributed by atoms with Crippen LogP contribution in [0.15, 0.2) is 47.1 Å². The Morgan fingerprint density at radius 3 is 2.81 bits per heavy atom. The van der Waals surface area contributed by atoms with Crippen LogP contribution < -0.4 is 5.32 Å². The van der Waals surface area contributed by atoms with Crippen molar-refractivity contribution in [2.75, 3.05) is 5.32 Å². The molecule has 2 N–H and O–H groups in total. The number of hydrogen-bond acceptors (Lipinski definition) is 1. The van der Waals surface area contributed by atoms with E-state index in [9.17, 15) is 4.79 Å². The zero-order valence-electron chi connectivity index (χ0n) is 11.2. The monoisotopic (exact) mass is 362 g/mol. The molecule has 0 spiro atoms. The summed E-state index contributed by atoms with van der Waals surface area (Å²) in [6.45, 7) is 2.00. The largest absolute Gasteiger partial charge is 0.360 e. The van der Waals surface area contributed by atoms with Crippen LogP contribution in [0.5, 0.6) is 0 Å². The number of nitrogens with one attached hydrogen (secondary N) is 2. The molecule has 0 bridgehead atoms. The van der Waals surface area contributed by atoms with Gasteiger partial charge in [0.05, 0.1) is 5.56 Å². The molecule has 0 saturated carbocycles. The van der Waals surface area contributed by atoms with Crippen LogP contribution in [-0.2, 0) is 0 Å². The zero-order valence-corrected chi connectivity index (χ0v) is 13.5. The molecule has 106 valence electrons. The minimum Gasteiger partial charge on any atom is -0.360 e. The lowest BCUT2D eigenvalue weighted by Crippen LogP contribution is -2.11. The Labute approximate surface area is 135 Å². The van der Waals surface area contributed by atoms with Gasteiger partial charge in [-0.25, -0.2) is 0 Å². The molecule has 1 amide bonds. The van der Waals surface area contributed by atoms with E-state index < -0.39 is 0 Å². The Hall–Kier alpha value is -1.78. The molecule has 0 fully saturated rings. The van der Waals surface area contributed by atoms with Crippen molar-refractivity contribution in [2.45, 2.75) is 6.92 Å². The summed E-state index contributed by atoms with van der Waals surface area (Å²) < 4.78 is 0.964. The van der Waals surface area contributed by atoms with Crippen LogP contribution in [0.3, 0.4) is 0 Å². The van der Waals surface area contributed by atoms with Gasteiger partial charge in [-0.15, -0.1) is 0 Å². The number of aromatic amines is 1. The van der Waals surface area contributed by atoms with Crippen molar-refractivity contribution >= 4 is 50.0 Å². The van der Waals surface area contributed by atoms with E-state index in [0.717, 1.165) is 26.6 Å². The van der Waals surface area contributed by atoms with Gasteiger partial charge in [0.2, 0.25) is 0 Å². The van der Waals surface area contributed by atoms with Crippen LogP contribution in [0.1, 0.15) is 15.9 Å². The van der Waals surface area contributed by atoms with E-state index in [-0.39, 0.29) is 5.91 Å². The predicted octanol–water partition coefficient (Wildman–Crippen LogP) is 5.14. The van der Waals surface area contributed by atoms with Crippen molar-refractivity contribution in [2.24, 2.45) is 0 Å². The first-order valence-corrected chi connectivity index (χ1v) is 7.56. The minimum atomic E-state index is -0.153. The number of amides is 1. The molecule has 0 aliphatic heterocycles. The van der Waals surface area contributed by atoms with Gasteiger partial charge in [-0.3, -0.25) is 4.79 Å². The maximum Gasteiger partial charge on any atom is 0.257 e. The highest BCUT2D eigenvalue weighted by atomic mass is 79.9. The summed E-state index contributed by atoms with van der Waals surface area (Å²) in [5.41, 5.74) is 3.31. The number of carbonyl (C=O) groups is 1. The highest BCUT2D eigenvalue weighted by Gasteiger charge is 2.12. The van der Waals surface area contributed by atoms with Gasteiger partial charge in [-0.05, 0) is 36.8 Å². The van der Waals surface area contributed by atoms with E-state index in [1.807, 2.05) is 31.2 Å².